The van der Waals surface area contributed by atoms with Crippen molar-refractivity contribution in [1.82, 2.24) is 4.98 Å². The second-order valence-corrected chi connectivity index (χ2v) is 4.28. The number of aromatic nitrogens is 1. The highest BCUT2D eigenvalue weighted by molar-refractivity contribution is 7.07. The quantitative estimate of drug-likeness (QED) is 0.713. The predicted molar refractivity (Wildman–Crippen MR) is 50.8 cm³/mol. The first-order chi connectivity index (χ1) is 5.86. The fourth-order valence-corrected chi connectivity index (χ4v) is 2.57. The van der Waals surface area contributed by atoms with Crippen molar-refractivity contribution in [3.8, 4) is 0 Å². The molecule has 1 aromatic heterocycles. The van der Waals surface area contributed by atoms with Crippen molar-refractivity contribution >= 4 is 11.3 Å². The molecule has 1 fully saturated rings. The maximum absolute atomic E-state index is 10.9. The summed E-state index contributed by atoms with van der Waals surface area (Å²) >= 11 is 1.29. The zero-order valence-corrected chi connectivity index (χ0v) is 7.82. The van der Waals surface area contributed by atoms with Gasteiger partial charge in [0.1, 0.15) is 0 Å². The van der Waals surface area contributed by atoms with Crippen LogP contribution in [0.15, 0.2) is 10.2 Å². The summed E-state index contributed by atoms with van der Waals surface area (Å²) < 4.78 is 0. The summed E-state index contributed by atoms with van der Waals surface area (Å²) in [7, 11) is 0. The predicted octanol–water partition coefficient (Wildman–Crippen LogP) is 2.48. The molecule has 3 heteroatoms. The first-order valence-corrected chi connectivity index (χ1v) is 5.42. The molecule has 0 aliphatic heterocycles. The van der Waals surface area contributed by atoms with E-state index in [0.29, 0.717) is 5.92 Å². The van der Waals surface area contributed by atoms with Crippen LogP contribution in [-0.4, -0.2) is 4.98 Å². The molecule has 66 valence electrons. The Morgan fingerprint density at radius 2 is 2.08 bits per heavy atom. The highest BCUT2D eigenvalue weighted by atomic mass is 32.1. The summed E-state index contributed by atoms with van der Waals surface area (Å²) in [5.41, 5.74) is 1.17. The molecule has 0 atom stereocenters. The van der Waals surface area contributed by atoms with E-state index in [2.05, 4.69) is 4.98 Å². The van der Waals surface area contributed by atoms with E-state index < -0.39 is 0 Å². The van der Waals surface area contributed by atoms with Gasteiger partial charge >= 0.3 is 4.87 Å². The van der Waals surface area contributed by atoms with E-state index >= 15 is 0 Å². The summed E-state index contributed by atoms with van der Waals surface area (Å²) in [6.07, 6.45) is 6.52. The molecule has 0 amide bonds. The first kappa shape index (κ1) is 8.05. The van der Waals surface area contributed by atoms with Gasteiger partial charge in [0.05, 0.1) is 0 Å². The van der Waals surface area contributed by atoms with Gasteiger partial charge in [0.15, 0.2) is 0 Å². The highest BCUT2D eigenvalue weighted by Crippen LogP contribution is 2.31. The Morgan fingerprint density at radius 1 is 1.33 bits per heavy atom. The van der Waals surface area contributed by atoms with Crippen LogP contribution in [0.4, 0.5) is 0 Å². The number of thiazole rings is 1. The van der Waals surface area contributed by atoms with Gasteiger partial charge in [0.2, 0.25) is 0 Å². The van der Waals surface area contributed by atoms with Gasteiger partial charge in [-0.3, -0.25) is 4.79 Å². The average Bonchev–Trinajstić information content (AvgIpc) is 2.54. The van der Waals surface area contributed by atoms with Crippen LogP contribution in [0.1, 0.15) is 43.7 Å². The van der Waals surface area contributed by atoms with Crippen molar-refractivity contribution in [2.75, 3.05) is 0 Å². The molecule has 0 radical (unpaired) electrons. The lowest BCUT2D eigenvalue weighted by Gasteiger charge is -2.19. The SMILES string of the molecule is O=c1[nH]c(C2CCCCC2)cs1. The summed E-state index contributed by atoms with van der Waals surface area (Å²) in [5, 5.41) is 1.98. The van der Waals surface area contributed by atoms with E-state index in [4.69, 9.17) is 0 Å². The minimum absolute atomic E-state index is 0.0931. The first-order valence-electron chi connectivity index (χ1n) is 4.54. The van der Waals surface area contributed by atoms with Gasteiger partial charge in [0.25, 0.3) is 0 Å². The number of H-pyrrole nitrogens is 1. The molecule has 1 aromatic rings. The highest BCUT2D eigenvalue weighted by Gasteiger charge is 2.16. The average molecular weight is 183 g/mol. The largest absolute Gasteiger partial charge is 0.316 e. The third-order valence-electron chi connectivity index (χ3n) is 2.58. The number of hydrogen-bond acceptors (Lipinski definition) is 2. The number of aromatic amines is 1. The van der Waals surface area contributed by atoms with Crippen molar-refractivity contribution in [3.63, 3.8) is 0 Å². The summed E-state index contributed by atoms with van der Waals surface area (Å²) in [5.74, 6) is 0.637. The fourth-order valence-electron chi connectivity index (χ4n) is 1.91. The molecule has 0 bridgehead atoms. The molecular weight excluding hydrogens is 170 g/mol. The Bertz CT molecular complexity index is 295. The minimum atomic E-state index is 0.0931. The molecule has 0 unspecified atom stereocenters. The van der Waals surface area contributed by atoms with Gasteiger partial charge in [-0.15, -0.1) is 0 Å². The molecule has 1 N–H and O–H groups in total. The van der Waals surface area contributed by atoms with Gasteiger partial charge < -0.3 is 4.98 Å². The summed E-state index contributed by atoms with van der Waals surface area (Å²) in [6, 6.07) is 0. The molecule has 1 saturated carbocycles. The molecule has 0 aromatic carbocycles. The lowest BCUT2D eigenvalue weighted by Crippen LogP contribution is -2.06. The monoisotopic (exact) mass is 183 g/mol. The molecule has 1 aliphatic carbocycles. The van der Waals surface area contributed by atoms with Crippen LogP contribution in [0.25, 0.3) is 0 Å². The van der Waals surface area contributed by atoms with Gasteiger partial charge in [-0.2, -0.15) is 0 Å². The Kier molecular flexibility index (Phi) is 2.30. The Hall–Kier alpha value is -0.570. The van der Waals surface area contributed by atoms with Crippen molar-refractivity contribution in [3.05, 3.63) is 20.7 Å². The molecule has 1 aliphatic rings. The van der Waals surface area contributed by atoms with Crippen LogP contribution in [0, 0.1) is 0 Å². The lowest BCUT2D eigenvalue weighted by atomic mass is 9.87. The number of hydrogen-bond donors (Lipinski definition) is 1. The van der Waals surface area contributed by atoms with E-state index in [1.165, 1.54) is 49.1 Å². The topological polar surface area (TPSA) is 32.9 Å². The fraction of sp³-hybridized carbons (Fsp3) is 0.667. The third kappa shape index (κ3) is 1.61. The smallest absolute Gasteiger partial charge is 0.304 e. The minimum Gasteiger partial charge on any atom is -0.316 e. The van der Waals surface area contributed by atoms with Crippen LogP contribution in [0.2, 0.25) is 0 Å². The molecule has 0 saturated heterocycles. The zero-order valence-electron chi connectivity index (χ0n) is 7.01. The Labute approximate surface area is 75.6 Å². The number of nitrogens with one attached hydrogen (secondary N) is 1. The molecular formula is C9H13NOS. The molecule has 1 heterocycles. The van der Waals surface area contributed by atoms with Gasteiger partial charge in [-0.05, 0) is 18.8 Å². The van der Waals surface area contributed by atoms with Gasteiger partial charge in [-0.25, -0.2) is 0 Å². The van der Waals surface area contributed by atoms with Crippen LogP contribution >= 0.6 is 11.3 Å². The van der Waals surface area contributed by atoms with Gasteiger partial charge in [0, 0.05) is 11.1 Å². The Balaban J connectivity index is 2.13. The van der Waals surface area contributed by atoms with Crippen LogP contribution in [-0.2, 0) is 0 Å². The van der Waals surface area contributed by atoms with Crippen molar-refractivity contribution in [2.24, 2.45) is 0 Å². The van der Waals surface area contributed by atoms with E-state index in [-0.39, 0.29) is 4.87 Å². The molecule has 12 heavy (non-hydrogen) atoms. The third-order valence-corrected chi connectivity index (χ3v) is 3.27. The van der Waals surface area contributed by atoms with Crippen molar-refractivity contribution in [2.45, 2.75) is 38.0 Å². The summed E-state index contributed by atoms with van der Waals surface area (Å²) in [6.45, 7) is 0. The lowest BCUT2D eigenvalue weighted by molar-refractivity contribution is 0.437. The number of rotatable bonds is 1. The van der Waals surface area contributed by atoms with Crippen LogP contribution in [0.5, 0.6) is 0 Å². The second kappa shape index (κ2) is 3.44. The van der Waals surface area contributed by atoms with Gasteiger partial charge in [-0.1, -0.05) is 30.6 Å². The Morgan fingerprint density at radius 3 is 2.67 bits per heavy atom. The van der Waals surface area contributed by atoms with E-state index in [0.717, 1.165) is 0 Å². The normalized spacial score (nSPS) is 19.7. The standard InChI is InChI=1S/C9H13NOS/c11-9-10-8(6-12-9)7-4-2-1-3-5-7/h6-7H,1-5H2,(H,10,11). The maximum atomic E-state index is 10.9. The second-order valence-electron chi connectivity index (χ2n) is 3.44. The van der Waals surface area contributed by atoms with Crippen LogP contribution < -0.4 is 4.87 Å². The van der Waals surface area contributed by atoms with Crippen LogP contribution in [0.3, 0.4) is 0 Å². The van der Waals surface area contributed by atoms with Crippen molar-refractivity contribution in [1.29, 1.82) is 0 Å². The van der Waals surface area contributed by atoms with E-state index in [1.807, 2.05) is 5.38 Å². The van der Waals surface area contributed by atoms with E-state index in [1.54, 1.807) is 0 Å². The molecule has 2 rings (SSSR count). The summed E-state index contributed by atoms with van der Waals surface area (Å²) in [4.78, 5) is 13.9. The molecule has 2 nitrogen and oxygen atoms in total. The van der Waals surface area contributed by atoms with E-state index in [9.17, 15) is 4.79 Å². The molecule has 0 spiro atoms. The zero-order chi connectivity index (χ0) is 8.39. The van der Waals surface area contributed by atoms with Crippen molar-refractivity contribution < 1.29 is 0 Å². The maximum Gasteiger partial charge on any atom is 0.304 e.